The molecule has 1 aromatic rings. The Bertz CT molecular complexity index is 544. The zero-order valence-corrected chi connectivity index (χ0v) is 13.3. The molecule has 1 aromatic carbocycles. The SMILES string of the molecule is CN(C)S(=O)(=O)c1ccc(NCC2(C)CCCC2)cc1. The summed E-state index contributed by atoms with van der Waals surface area (Å²) in [6, 6.07) is 7.01. The molecule has 0 unspecified atom stereocenters. The quantitative estimate of drug-likeness (QED) is 0.909. The summed E-state index contributed by atoms with van der Waals surface area (Å²) in [5.74, 6) is 0. The molecule has 1 fully saturated rings. The molecule has 1 saturated carbocycles. The van der Waals surface area contributed by atoms with Crippen LogP contribution in [0.4, 0.5) is 5.69 Å². The van der Waals surface area contributed by atoms with Gasteiger partial charge in [-0.15, -0.1) is 0 Å². The summed E-state index contributed by atoms with van der Waals surface area (Å²) in [4.78, 5) is 0.333. The van der Waals surface area contributed by atoms with Crippen molar-refractivity contribution in [2.75, 3.05) is 26.0 Å². The van der Waals surface area contributed by atoms with Crippen molar-refractivity contribution in [3.63, 3.8) is 0 Å². The van der Waals surface area contributed by atoms with E-state index in [1.165, 1.54) is 30.0 Å². The highest BCUT2D eigenvalue weighted by atomic mass is 32.2. The van der Waals surface area contributed by atoms with Crippen LogP contribution in [0.15, 0.2) is 29.2 Å². The molecule has 4 nitrogen and oxygen atoms in total. The fourth-order valence-corrected chi connectivity index (χ4v) is 3.58. The van der Waals surface area contributed by atoms with Crippen molar-refractivity contribution in [2.24, 2.45) is 5.41 Å². The highest BCUT2D eigenvalue weighted by Crippen LogP contribution is 2.37. The Balaban J connectivity index is 2.02. The molecule has 1 aliphatic carbocycles. The fourth-order valence-electron chi connectivity index (χ4n) is 2.68. The largest absolute Gasteiger partial charge is 0.384 e. The maximum Gasteiger partial charge on any atom is 0.242 e. The summed E-state index contributed by atoms with van der Waals surface area (Å²) >= 11 is 0. The number of hydrogen-bond donors (Lipinski definition) is 1. The molecule has 0 spiro atoms. The standard InChI is InChI=1S/C15H24N2O2S/c1-15(10-4-5-11-15)12-16-13-6-8-14(9-7-13)20(18,19)17(2)3/h6-9,16H,4-5,10-12H2,1-3H3. The Kier molecular flexibility index (Phi) is 4.39. The first-order chi connectivity index (χ1) is 9.33. The van der Waals surface area contributed by atoms with E-state index in [2.05, 4.69) is 12.2 Å². The molecular weight excluding hydrogens is 272 g/mol. The molecular formula is C15H24N2O2S. The zero-order valence-electron chi connectivity index (χ0n) is 12.5. The van der Waals surface area contributed by atoms with E-state index in [0.717, 1.165) is 12.2 Å². The number of hydrogen-bond acceptors (Lipinski definition) is 3. The second kappa shape index (κ2) is 5.74. The average molecular weight is 296 g/mol. The number of sulfonamides is 1. The van der Waals surface area contributed by atoms with Gasteiger partial charge in [-0.1, -0.05) is 19.8 Å². The van der Waals surface area contributed by atoms with Gasteiger partial charge in [-0.3, -0.25) is 0 Å². The van der Waals surface area contributed by atoms with Gasteiger partial charge in [-0.05, 0) is 42.5 Å². The summed E-state index contributed by atoms with van der Waals surface area (Å²) in [7, 11) is -0.243. The average Bonchev–Trinajstić information content (AvgIpc) is 2.84. The van der Waals surface area contributed by atoms with E-state index < -0.39 is 10.0 Å². The number of nitrogens with one attached hydrogen (secondary N) is 1. The lowest BCUT2D eigenvalue weighted by Gasteiger charge is -2.24. The summed E-state index contributed by atoms with van der Waals surface area (Å²) < 4.78 is 25.2. The predicted octanol–water partition coefficient (Wildman–Crippen LogP) is 2.93. The van der Waals surface area contributed by atoms with Gasteiger partial charge in [0.2, 0.25) is 10.0 Å². The Hall–Kier alpha value is -1.07. The van der Waals surface area contributed by atoms with Crippen LogP contribution in [0.2, 0.25) is 0 Å². The molecule has 112 valence electrons. The zero-order chi connectivity index (χ0) is 14.8. The Labute approximate surface area is 122 Å². The van der Waals surface area contributed by atoms with Crippen molar-refractivity contribution in [2.45, 2.75) is 37.5 Å². The maximum atomic E-state index is 12.0. The van der Waals surface area contributed by atoms with Crippen LogP contribution in [0.25, 0.3) is 0 Å². The molecule has 0 atom stereocenters. The molecule has 1 N–H and O–H groups in total. The summed E-state index contributed by atoms with van der Waals surface area (Å²) in [5, 5.41) is 3.43. The number of nitrogens with zero attached hydrogens (tertiary/aromatic N) is 1. The summed E-state index contributed by atoms with van der Waals surface area (Å²) in [6.07, 6.45) is 5.18. The van der Waals surface area contributed by atoms with Gasteiger partial charge >= 0.3 is 0 Å². The molecule has 1 aliphatic rings. The Morgan fingerprint density at radius 1 is 1.15 bits per heavy atom. The van der Waals surface area contributed by atoms with E-state index in [9.17, 15) is 8.42 Å². The van der Waals surface area contributed by atoms with Crippen LogP contribution in [0.1, 0.15) is 32.6 Å². The lowest BCUT2D eigenvalue weighted by atomic mass is 9.89. The maximum absolute atomic E-state index is 12.0. The van der Waals surface area contributed by atoms with Gasteiger partial charge in [0.25, 0.3) is 0 Å². The van der Waals surface area contributed by atoms with Gasteiger partial charge in [0.1, 0.15) is 0 Å². The van der Waals surface area contributed by atoms with E-state index in [-0.39, 0.29) is 0 Å². The molecule has 20 heavy (non-hydrogen) atoms. The van der Waals surface area contributed by atoms with Gasteiger partial charge in [0.05, 0.1) is 4.90 Å². The first-order valence-corrected chi connectivity index (χ1v) is 8.54. The number of benzene rings is 1. The van der Waals surface area contributed by atoms with Gasteiger partial charge < -0.3 is 5.32 Å². The van der Waals surface area contributed by atoms with Crippen molar-refractivity contribution in [1.82, 2.24) is 4.31 Å². The third-order valence-electron chi connectivity index (χ3n) is 4.16. The molecule has 0 saturated heterocycles. The first kappa shape index (κ1) is 15.3. The van der Waals surface area contributed by atoms with Gasteiger partial charge in [0.15, 0.2) is 0 Å². The minimum atomic E-state index is -3.33. The van der Waals surface area contributed by atoms with E-state index in [0.29, 0.717) is 10.3 Å². The van der Waals surface area contributed by atoms with Crippen LogP contribution in [-0.4, -0.2) is 33.4 Å². The number of anilines is 1. The molecule has 0 heterocycles. The lowest BCUT2D eigenvalue weighted by Crippen LogP contribution is -2.23. The molecule has 0 amide bonds. The van der Waals surface area contributed by atoms with Crippen LogP contribution in [0, 0.1) is 5.41 Å². The van der Waals surface area contributed by atoms with E-state index in [4.69, 9.17) is 0 Å². The minimum absolute atomic E-state index is 0.333. The van der Waals surface area contributed by atoms with Crippen molar-refractivity contribution in [3.05, 3.63) is 24.3 Å². The normalized spacial score (nSPS) is 18.4. The van der Waals surface area contributed by atoms with Crippen LogP contribution < -0.4 is 5.32 Å². The second-order valence-electron chi connectivity index (χ2n) is 6.18. The van der Waals surface area contributed by atoms with Gasteiger partial charge in [-0.25, -0.2) is 12.7 Å². The van der Waals surface area contributed by atoms with Crippen molar-refractivity contribution in [1.29, 1.82) is 0 Å². The van der Waals surface area contributed by atoms with Crippen molar-refractivity contribution in [3.8, 4) is 0 Å². The molecule has 0 aliphatic heterocycles. The third kappa shape index (κ3) is 3.33. The molecule has 0 aromatic heterocycles. The highest BCUT2D eigenvalue weighted by Gasteiger charge is 2.28. The second-order valence-corrected chi connectivity index (χ2v) is 8.33. The Morgan fingerprint density at radius 3 is 2.20 bits per heavy atom. The van der Waals surface area contributed by atoms with Crippen molar-refractivity contribution < 1.29 is 8.42 Å². The molecule has 0 bridgehead atoms. The van der Waals surface area contributed by atoms with Gasteiger partial charge in [-0.2, -0.15) is 0 Å². The van der Waals surface area contributed by atoms with Gasteiger partial charge in [0, 0.05) is 26.3 Å². The molecule has 0 radical (unpaired) electrons. The topological polar surface area (TPSA) is 49.4 Å². The van der Waals surface area contributed by atoms with Crippen LogP contribution in [-0.2, 0) is 10.0 Å². The van der Waals surface area contributed by atoms with Crippen molar-refractivity contribution >= 4 is 15.7 Å². The monoisotopic (exact) mass is 296 g/mol. The van der Waals surface area contributed by atoms with E-state index in [1.54, 1.807) is 26.2 Å². The minimum Gasteiger partial charge on any atom is -0.384 e. The van der Waals surface area contributed by atoms with E-state index >= 15 is 0 Å². The van der Waals surface area contributed by atoms with Crippen LogP contribution in [0.3, 0.4) is 0 Å². The Morgan fingerprint density at radius 2 is 1.70 bits per heavy atom. The third-order valence-corrected chi connectivity index (χ3v) is 5.99. The van der Waals surface area contributed by atoms with E-state index in [1.807, 2.05) is 12.1 Å². The van der Waals surface area contributed by atoms with Crippen LogP contribution in [0.5, 0.6) is 0 Å². The predicted molar refractivity (Wildman–Crippen MR) is 82.4 cm³/mol. The molecule has 5 heteroatoms. The van der Waals surface area contributed by atoms with Crippen LogP contribution >= 0.6 is 0 Å². The lowest BCUT2D eigenvalue weighted by molar-refractivity contribution is 0.362. The fraction of sp³-hybridized carbons (Fsp3) is 0.600. The first-order valence-electron chi connectivity index (χ1n) is 7.10. The smallest absolute Gasteiger partial charge is 0.242 e. The highest BCUT2D eigenvalue weighted by molar-refractivity contribution is 7.89. The summed E-state index contributed by atoms with van der Waals surface area (Å²) in [6.45, 7) is 3.27. The summed E-state index contributed by atoms with van der Waals surface area (Å²) in [5.41, 5.74) is 1.37. The molecule has 2 rings (SSSR count). The number of rotatable bonds is 5.